The molecule has 1 saturated heterocycles. The van der Waals surface area contributed by atoms with E-state index in [2.05, 4.69) is 0 Å². The standard InChI is InChI=1S/C6H9NO6/c8-1-2(9)4(11)6(13)7-5(12)3(1)10/h1-4,8-11H,(H,7,12,13)/t1-,2-,3-,4+/m0/s1. The van der Waals surface area contributed by atoms with E-state index in [1.165, 1.54) is 0 Å². The third-order valence-electron chi connectivity index (χ3n) is 1.78. The van der Waals surface area contributed by atoms with E-state index >= 15 is 0 Å². The second-order valence-corrected chi connectivity index (χ2v) is 2.72. The Morgan fingerprint density at radius 1 is 0.846 bits per heavy atom. The number of rotatable bonds is 0. The number of aliphatic hydroxyl groups is 4. The number of aliphatic hydroxyl groups excluding tert-OH is 4. The highest BCUT2D eigenvalue weighted by molar-refractivity contribution is 6.00. The molecule has 1 rings (SSSR count). The van der Waals surface area contributed by atoms with Crippen molar-refractivity contribution in [3.8, 4) is 0 Å². The highest BCUT2D eigenvalue weighted by Crippen LogP contribution is 2.09. The molecule has 1 heterocycles. The van der Waals surface area contributed by atoms with Gasteiger partial charge in [-0.2, -0.15) is 0 Å². The van der Waals surface area contributed by atoms with Crippen LogP contribution in [0.25, 0.3) is 0 Å². The summed E-state index contributed by atoms with van der Waals surface area (Å²) in [6.45, 7) is 0. The van der Waals surface area contributed by atoms with Crippen molar-refractivity contribution in [1.82, 2.24) is 5.32 Å². The Balaban J connectivity index is 2.92. The van der Waals surface area contributed by atoms with Gasteiger partial charge in [0.1, 0.15) is 12.2 Å². The Kier molecular flexibility index (Phi) is 2.62. The molecule has 5 N–H and O–H groups in total. The number of carbonyl (C=O) groups is 2. The molecule has 0 saturated carbocycles. The van der Waals surface area contributed by atoms with Crippen molar-refractivity contribution in [3.05, 3.63) is 0 Å². The fourth-order valence-corrected chi connectivity index (χ4v) is 0.953. The zero-order valence-corrected chi connectivity index (χ0v) is 6.41. The van der Waals surface area contributed by atoms with Gasteiger partial charge in [-0.05, 0) is 0 Å². The number of hydrogen-bond acceptors (Lipinski definition) is 6. The number of imide groups is 1. The molecule has 1 fully saturated rings. The third-order valence-corrected chi connectivity index (χ3v) is 1.78. The normalized spacial score (nSPS) is 41.2. The van der Waals surface area contributed by atoms with Gasteiger partial charge < -0.3 is 20.4 Å². The molecule has 0 aliphatic carbocycles. The van der Waals surface area contributed by atoms with Crippen molar-refractivity contribution in [2.45, 2.75) is 24.4 Å². The second kappa shape index (κ2) is 3.38. The van der Waals surface area contributed by atoms with Gasteiger partial charge >= 0.3 is 0 Å². The van der Waals surface area contributed by atoms with Crippen molar-refractivity contribution in [1.29, 1.82) is 0 Å². The van der Waals surface area contributed by atoms with Crippen molar-refractivity contribution < 1.29 is 30.0 Å². The Morgan fingerprint density at radius 2 is 1.15 bits per heavy atom. The lowest BCUT2D eigenvalue weighted by Gasteiger charge is -2.19. The molecule has 1 aliphatic heterocycles. The first-order valence-electron chi connectivity index (χ1n) is 3.52. The van der Waals surface area contributed by atoms with Gasteiger partial charge in [0.2, 0.25) is 0 Å². The highest BCUT2D eigenvalue weighted by atomic mass is 16.4. The van der Waals surface area contributed by atoms with Gasteiger partial charge in [0, 0.05) is 0 Å². The maximum Gasteiger partial charge on any atom is 0.258 e. The fourth-order valence-electron chi connectivity index (χ4n) is 0.953. The van der Waals surface area contributed by atoms with E-state index in [1.54, 1.807) is 5.32 Å². The minimum absolute atomic E-state index is 1.15. The van der Waals surface area contributed by atoms with Crippen LogP contribution in [-0.4, -0.2) is 56.7 Å². The zero-order valence-electron chi connectivity index (χ0n) is 6.41. The Labute approximate surface area is 72.6 Å². The van der Waals surface area contributed by atoms with Crippen LogP contribution in [0.5, 0.6) is 0 Å². The molecule has 74 valence electrons. The van der Waals surface area contributed by atoms with Gasteiger partial charge in [0.05, 0.1) is 0 Å². The summed E-state index contributed by atoms with van der Waals surface area (Å²) >= 11 is 0. The summed E-state index contributed by atoms with van der Waals surface area (Å²) < 4.78 is 0. The predicted molar refractivity (Wildman–Crippen MR) is 37.2 cm³/mol. The summed E-state index contributed by atoms with van der Waals surface area (Å²) in [4.78, 5) is 21.5. The monoisotopic (exact) mass is 191 g/mol. The Bertz CT molecular complexity index is 217. The van der Waals surface area contributed by atoms with Gasteiger partial charge in [0.25, 0.3) is 11.8 Å². The maximum atomic E-state index is 10.8. The summed E-state index contributed by atoms with van der Waals surface area (Å²) in [5, 5.41) is 37.5. The van der Waals surface area contributed by atoms with Gasteiger partial charge in [0.15, 0.2) is 12.2 Å². The minimum Gasteiger partial charge on any atom is -0.387 e. The molecule has 0 radical (unpaired) electrons. The molecule has 0 aromatic rings. The maximum absolute atomic E-state index is 10.8. The number of amides is 2. The summed E-state index contributed by atoms with van der Waals surface area (Å²) in [6.07, 6.45) is -7.59. The topological polar surface area (TPSA) is 127 Å². The summed E-state index contributed by atoms with van der Waals surface area (Å²) in [5.74, 6) is -2.29. The van der Waals surface area contributed by atoms with Crippen LogP contribution in [0.2, 0.25) is 0 Å². The van der Waals surface area contributed by atoms with Crippen LogP contribution in [0, 0.1) is 0 Å². The molecule has 7 nitrogen and oxygen atoms in total. The number of carbonyl (C=O) groups excluding carboxylic acids is 2. The quantitative estimate of drug-likeness (QED) is 0.249. The molecule has 0 aromatic carbocycles. The summed E-state index contributed by atoms with van der Waals surface area (Å²) in [5.41, 5.74) is 0. The molecule has 0 bridgehead atoms. The summed E-state index contributed by atoms with van der Waals surface area (Å²) in [7, 11) is 0. The average Bonchev–Trinajstić information content (AvgIpc) is 2.15. The molecule has 2 amide bonds. The Morgan fingerprint density at radius 3 is 1.46 bits per heavy atom. The first-order valence-corrected chi connectivity index (χ1v) is 3.52. The van der Waals surface area contributed by atoms with Crippen molar-refractivity contribution >= 4 is 11.8 Å². The van der Waals surface area contributed by atoms with Crippen LogP contribution in [0.1, 0.15) is 0 Å². The van der Waals surface area contributed by atoms with E-state index in [0.717, 1.165) is 0 Å². The number of nitrogens with one attached hydrogen (secondary N) is 1. The molecular weight excluding hydrogens is 182 g/mol. The largest absolute Gasteiger partial charge is 0.387 e. The fraction of sp³-hybridized carbons (Fsp3) is 0.667. The lowest BCUT2D eigenvalue weighted by atomic mass is 10.1. The highest BCUT2D eigenvalue weighted by Gasteiger charge is 2.42. The first-order chi connectivity index (χ1) is 5.95. The molecule has 7 heteroatoms. The lowest BCUT2D eigenvalue weighted by Crippen LogP contribution is -2.45. The van der Waals surface area contributed by atoms with Crippen molar-refractivity contribution in [2.24, 2.45) is 0 Å². The number of hydrogen-bond donors (Lipinski definition) is 5. The Hall–Kier alpha value is -1.02. The molecule has 0 spiro atoms. The van der Waals surface area contributed by atoms with Crippen LogP contribution in [0.3, 0.4) is 0 Å². The molecule has 0 aromatic heterocycles. The third kappa shape index (κ3) is 1.68. The molecule has 0 unspecified atom stereocenters. The van der Waals surface area contributed by atoms with E-state index in [-0.39, 0.29) is 0 Å². The molecule has 4 atom stereocenters. The second-order valence-electron chi connectivity index (χ2n) is 2.72. The SMILES string of the molecule is O=C1NC(=O)[C@H](O)[C@@H](O)[C@H](O)[C@@H]1O. The molecule has 13 heavy (non-hydrogen) atoms. The van der Waals surface area contributed by atoms with E-state index in [1.807, 2.05) is 0 Å². The summed E-state index contributed by atoms with van der Waals surface area (Å²) in [6, 6.07) is 0. The molecular formula is C6H9NO6. The molecule has 1 aliphatic rings. The van der Waals surface area contributed by atoms with Gasteiger partial charge in [-0.25, -0.2) is 0 Å². The van der Waals surface area contributed by atoms with Crippen LogP contribution in [0.4, 0.5) is 0 Å². The van der Waals surface area contributed by atoms with E-state index < -0.39 is 36.2 Å². The van der Waals surface area contributed by atoms with E-state index in [9.17, 15) is 9.59 Å². The van der Waals surface area contributed by atoms with Crippen LogP contribution in [-0.2, 0) is 9.59 Å². The first kappa shape index (κ1) is 10.1. The van der Waals surface area contributed by atoms with Gasteiger partial charge in [-0.3, -0.25) is 14.9 Å². The van der Waals surface area contributed by atoms with Crippen LogP contribution in [0.15, 0.2) is 0 Å². The van der Waals surface area contributed by atoms with Crippen LogP contribution < -0.4 is 5.32 Å². The minimum atomic E-state index is -1.92. The smallest absolute Gasteiger partial charge is 0.258 e. The van der Waals surface area contributed by atoms with Crippen molar-refractivity contribution in [3.63, 3.8) is 0 Å². The van der Waals surface area contributed by atoms with Gasteiger partial charge in [-0.1, -0.05) is 0 Å². The van der Waals surface area contributed by atoms with Crippen LogP contribution >= 0.6 is 0 Å². The predicted octanol–water partition coefficient (Wildman–Crippen LogP) is -3.91. The average molecular weight is 191 g/mol. The van der Waals surface area contributed by atoms with Gasteiger partial charge in [-0.15, -0.1) is 0 Å². The zero-order chi connectivity index (χ0) is 10.2. The van der Waals surface area contributed by atoms with E-state index in [0.29, 0.717) is 0 Å². The van der Waals surface area contributed by atoms with Crippen molar-refractivity contribution in [2.75, 3.05) is 0 Å². The van der Waals surface area contributed by atoms with E-state index in [4.69, 9.17) is 20.4 Å². The lowest BCUT2D eigenvalue weighted by molar-refractivity contribution is -0.140.